The van der Waals surface area contributed by atoms with Gasteiger partial charge in [-0.15, -0.1) is 0 Å². The Balaban J connectivity index is 6.14. The first-order chi connectivity index (χ1) is 9.67. The third-order valence-electron chi connectivity index (χ3n) is 2.06. The molecule has 0 aromatic carbocycles. The summed E-state index contributed by atoms with van der Waals surface area (Å²) in [5.41, 5.74) is 0. The van der Waals surface area contributed by atoms with Crippen LogP contribution in [0.5, 0.6) is 0 Å². The standard InChI is InChI=1S/C6F13IO3/c7-1(8,3(11,12)5(15,16)17)2(9,10)4(13,14)6(18,19)23-20(21)22. The third kappa shape index (κ3) is 3.41. The van der Waals surface area contributed by atoms with Crippen LogP contribution in [0.3, 0.4) is 0 Å². The van der Waals surface area contributed by atoms with Gasteiger partial charge in [-0.2, -0.15) is 57.1 Å². The van der Waals surface area contributed by atoms with Crippen molar-refractivity contribution >= 4 is 0 Å². The van der Waals surface area contributed by atoms with Crippen LogP contribution in [-0.2, 0) is 3.07 Å². The second-order valence-electron chi connectivity index (χ2n) is 3.58. The maximum Gasteiger partial charge on any atom is 0.514 e. The molecular formula is C6F13IO3. The van der Waals surface area contributed by atoms with Crippen LogP contribution in [-0.4, -0.2) is 36.0 Å². The van der Waals surface area contributed by atoms with Gasteiger partial charge in [0, 0.05) is 0 Å². The van der Waals surface area contributed by atoms with Gasteiger partial charge >= 0.3 is 57.0 Å². The lowest BCUT2D eigenvalue weighted by Crippen LogP contribution is -3.99. The summed E-state index contributed by atoms with van der Waals surface area (Å²) in [4.78, 5) is 0. The van der Waals surface area contributed by atoms with Gasteiger partial charge in [-0.1, -0.05) is 0 Å². The smallest absolute Gasteiger partial charge is 0.396 e. The molecule has 0 aliphatic heterocycles. The highest BCUT2D eigenvalue weighted by molar-refractivity contribution is 5.08. The minimum absolute atomic E-state index is 2.00. The van der Waals surface area contributed by atoms with E-state index in [1.807, 2.05) is 3.07 Å². The molecule has 0 saturated heterocycles. The fourth-order valence-corrected chi connectivity index (χ4v) is 1.61. The van der Waals surface area contributed by atoms with Crippen LogP contribution in [0, 0.1) is 0 Å². The number of halogens is 14. The lowest BCUT2D eigenvalue weighted by Gasteiger charge is -2.37. The molecule has 0 bridgehead atoms. The molecule has 0 N–H and O–H groups in total. The van der Waals surface area contributed by atoms with Gasteiger partial charge in [0.15, 0.2) is 0 Å². The van der Waals surface area contributed by atoms with Crippen LogP contribution >= 0.6 is 0 Å². The van der Waals surface area contributed by atoms with Gasteiger partial charge < -0.3 is 6.87 Å². The summed E-state index contributed by atoms with van der Waals surface area (Å²) >= 11 is -5.99. The number of rotatable bonds is 6. The first-order valence-corrected chi connectivity index (χ1v) is 7.02. The van der Waals surface area contributed by atoms with Crippen molar-refractivity contribution < 1.29 is 88.1 Å². The molecule has 0 aromatic heterocycles. The van der Waals surface area contributed by atoms with Gasteiger partial charge in [-0.05, 0) is 0 Å². The van der Waals surface area contributed by atoms with E-state index in [1.165, 1.54) is 0 Å². The van der Waals surface area contributed by atoms with Gasteiger partial charge in [0.2, 0.25) is 0 Å². The van der Waals surface area contributed by atoms with Crippen molar-refractivity contribution in [3.05, 3.63) is 0 Å². The maximum absolute atomic E-state index is 12.7. The molecule has 23 heavy (non-hydrogen) atoms. The number of hydrogen-bond acceptors (Lipinski definition) is 3. The molecular weight excluding hydrogens is 494 g/mol. The zero-order chi connectivity index (χ0) is 19.3. The van der Waals surface area contributed by atoms with Crippen molar-refractivity contribution in [2.75, 3.05) is 0 Å². The Hall–Kier alpha value is -0.300. The van der Waals surface area contributed by atoms with Gasteiger partial charge in [-0.25, -0.2) is 0 Å². The van der Waals surface area contributed by atoms with Crippen LogP contribution in [0.15, 0.2) is 0 Å². The van der Waals surface area contributed by atoms with Crippen molar-refractivity contribution in [1.29, 1.82) is 0 Å². The van der Waals surface area contributed by atoms with E-state index < -0.39 is 57.0 Å². The molecule has 0 aliphatic carbocycles. The summed E-state index contributed by atoms with van der Waals surface area (Å²) in [6.07, 6.45) is -14.5. The first-order valence-electron chi connectivity index (χ1n) is 4.37. The molecule has 0 aliphatic rings. The Bertz CT molecular complexity index is 430. The average Bonchev–Trinajstić information content (AvgIpc) is 2.24. The molecule has 0 aromatic rings. The van der Waals surface area contributed by atoms with Crippen molar-refractivity contribution in [1.82, 2.24) is 0 Å². The molecule has 0 unspecified atom stereocenters. The van der Waals surface area contributed by atoms with E-state index in [4.69, 9.17) is 0 Å². The van der Waals surface area contributed by atoms with Crippen molar-refractivity contribution in [2.45, 2.75) is 36.0 Å². The molecule has 0 spiro atoms. The summed E-state index contributed by atoms with van der Waals surface area (Å²) in [5.74, 6) is -31.8. The first kappa shape index (κ1) is 22.7. The Labute approximate surface area is 125 Å². The molecule has 0 radical (unpaired) electrons. The highest BCUT2D eigenvalue weighted by Crippen LogP contribution is 2.59. The monoisotopic (exact) mass is 494 g/mol. The van der Waals surface area contributed by atoms with E-state index in [0.29, 0.717) is 0 Å². The number of hydrogen-bond donors (Lipinski definition) is 0. The van der Waals surface area contributed by atoms with Crippen LogP contribution in [0.1, 0.15) is 0 Å². The van der Waals surface area contributed by atoms with Crippen molar-refractivity contribution in [3.8, 4) is 0 Å². The molecule has 140 valence electrons. The highest BCUT2D eigenvalue weighted by atomic mass is 127. The topological polar surface area (TPSA) is 55.3 Å². The molecule has 3 nitrogen and oxygen atoms in total. The van der Waals surface area contributed by atoms with E-state index >= 15 is 0 Å². The van der Waals surface area contributed by atoms with E-state index in [-0.39, 0.29) is 0 Å². The second-order valence-corrected chi connectivity index (χ2v) is 5.10. The zero-order valence-electron chi connectivity index (χ0n) is 9.52. The fourth-order valence-electron chi connectivity index (χ4n) is 0.883. The average molecular weight is 494 g/mol. The van der Waals surface area contributed by atoms with Gasteiger partial charge in [-0.3, -0.25) is 0 Å². The summed E-state index contributed by atoms with van der Waals surface area (Å²) < 4.78 is 182. The largest absolute Gasteiger partial charge is 0.514 e. The quantitative estimate of drug-likeness (QED) is 0.345. The van der Waals surface area contributed by atoms with Crippen molar-refractivity contribution in [3.63, 3.8) is 0 Å². The van der Waals surface area contributed by atoms with Crippen LogP contribution < -0.4 is 27.9 Å². The van der Waals surface area contributed by atoms with Crippen LogP contribution in [0.25, 0.3) is 0 Å². The molecule has 0 heterocycles. The Morgan fingerprint density at radius 3 is 1.09 bits per heavy atom. The van der Waals surface area contributed by atoms with Gasteiger partial charge in [0.05, 0.1) is 3.07 Å². The maximum atomic E-state index is 12.7. The predicted molar refractivity (Wildman–Crippen MR) is 31.9 cm³/mol. The van der Waals surface area contributed by atoms with Crippen LogP contribution in [0.2, 0.25) is 0 Å². The summed E-state index contributed by atoms with van der Waals surface area (Å²) in [7, 11) is 0. The lowest BCUT2D eigenvalue weighted by atomic mass is 9.97. The Morgan fingerprint density at radius 2 is 0.826 bits per heavy atom. The summed E-state index contributed by atoms with van der Waals surface area (Å²) in [6, 6.07) is 0. The van der Waals surface area contributed by atoms with Gasteiger partial charge in [0.25, 0.3) is 0 Å². The molecule has 0 rings (SSSR count). The minimum Gasteiger partial charge on any atom is -0.396 e. The highest BCUT2D eigenvalue weighted by Gasteiger charge is 2.92. The molecule has 0 atom stereocenters. The summed E-state index contributed by atoms with van der Waals surface area (Å²) in [6.45, 7) is 0. The molecule has 0 fully saturated rings. The van der Waals surface area contributed by atoms with E-state index in [2.05, 4.69) is 0 Å². The van der Waals surface area contributed by atoms with E-state index in [9.17, 15) is 63.9 Å². The minimum atomic E-state index is -8.08. The lowest BCUT2D eigenvalue weighted by molar-refractivity contribution is -1.63. The zero-order valence-corrected chi connectivity index (χ0v) is 11.7. The number of alkyl halides is 13. The van der Waals surface area contributed by atoms with Crippen LogP contribution in [0.4, 0.5) is 57.1 Å². The third-order valence-corrected chi connectivity index (χ3v) is 2.98. The van der Waals surface area contributed by atoms with Crippen molar-refractivity contribution in [2.24, 2.45) is 0 Å². The second kappa shape index (κ2) is 5.90. The Morgan fingerprint density at radius 1 is 0.522 bits per heavy atom. The van der Waals surface area contributed by atoms with E-state index in [1.54, 1.807) is 0 Å². The molecule has 17 heteroatoms. The fraction of sp³-hybridized carbons (Fsp3) is 1.00. The summed E-state index contributed by atoms with van der Waals surface area (Å²) in [5, 5.41) is 0. The van der Waals surface area contributed by atoms with Gasteiger partial charge in [0.1, 0.15) is 0 Å². The molecule has 0 saturated carbocycles. The predicted octanol–water partition coefficient (Wildman–Crippen LogP) is -1.21. The van der Waals surface area contributed by atoms with E-state index in [0.717, 1.165) is 0 Å². The normalized spacial score (nSPS) is 16.2. The molecule has 0 amide bonds. The SMILES string of the molecule is [O-][I+2]([O-])OC(F)(F)C(F)(F)C(F)(F)C(F)(F)C(F)(F)C(F)(F)F. The Kier molecular flexibility index (Phi) is 5.82.